The van der Waals surface area contributed by atoms with Crippen LogP contribution in [-0.2, 0) is 4.74 Å². The van der Waals surface area contributed by atoms with Crippen molar-refractivity contribution in [1.82, 2.24) is 15.0 Å². The number of urea groups is 1. The first-order valence-corrected chi connectivity index (χ1v) is 14.4. The van der Waals surface area contributed by atoms with Crippen molar-refractivity contribution in [1.29, 1.82) is 0 Å². The lowest BCUT2D eigenvalue weighted by Crippen LogP contribution is -2.48. The summed E-state index contributed by atoms with van der Waals surface area (Å²) in [4.78, 5) is 32.4. The number of hydrogen-bond donors (Lipinski definition) is 2. The molecule has 0 unspecified atom stereocenters. The van der Waals surface area contributed by atoms with Gasteiger partial charge in [-0.1, -0.05) is 12.1 Å². The number of ether oxygens (including phenoxy) is 2. The van der Waals surface area contributed by atoms with E-state index >= 15 is 0 Å². The number of anilines is 2. The zero-order chi connectivity index (χ0) is 30.3. The maximum atomic E-state index is 14.1. The zero-order valence-electron chi connectivity index (χ0n) is 25.8. The molecule has 2 heterocycles. The van der Waals surface area contributed by atoms with Crippen LogP contribution in [0.2, 0.25) is 0 Å². The number of carbonyl (C=O) groups excluding carboxylic acids is 2. The highest BCUT2D eigenvalue weighted by atomic mass is 16.5. The number of rotatable bonds is 6. The van der Waals surface area contributed by atoms with Gasteiger partial charge in [0.25, 0.3) is 5.91 Å². The van der Waals surface area contributed by atoms with Crippen LogP contribution >= 0.6 is 0 Å². The first kappa shape index (κ1) is 32.2. The van der Waals surface area contributed by atoms with E-state index in [2.05, 4.69) is 10.5 Å². The minimum atomic E-state index is -0.438. The molecule has 4 atom stereocenters. The van der Waals surface area contributed by atoms with Crippen LogP contribution in [0.15, 0.2) is 22.7 Å². The Morgan fingerprint density at radius 1 is 1.22 bits per heavy atom. The van der Waals surface area contributed by atoms with Gasteiger partial charge < -0.3 is 39.1 Å². The Bertz CT molecular complexity index is 1150. The molecule has 2 aromatic rings. The number of nitrogens with zero attached hydrogens (tertiary/aromatic N) is 4. The average molecular weight is 574 g/mol. The lowest BCUT2D eigenvalue weighted by Gasteiger charge is -2.36. The molecule has 3 rings (SSSR count). The normalized spacial score (nSPS) is 21.3. The van der Waals surface area contributed by atoms with Crippen LogP contribution in [0.5, 0.6) is 5.75 Å². The van der Waals surface area contributed by atoms with Crippen LogP contribution in [0.25, 0.3) is 0 Å². The molecule has 0 saturated carbocycles. The number of amides is 3. The van der Waals surface area contributed by atoms with Crippen LogP contribution in [0, 0.1) is 19.8 Å². The van der Waals surface area contributed by atoms with Gasteiger partial charge in [0, 0.05) is 52.4 Å². The third-order valence-corrected chi connectivity index (χ3v) is 7.62. The summed E-state index contributed by atoms with van der Waals surface area (Å²) in [6.45, 7) is 10.3. The van der Waals surface area contributed by atoms with Gasteiger partial charge in [-0.25, -0.2) is 4.79 Å². The summed E-state index contributed by atoms with van der Waals surface area (Å²) in [6, 6.07) is 4.90. The number of likely N-dealkylation sites (N-methyl/N-ethyl adjacent to an activating group) is 1. The predicted octanol–water partition coefficient (Wildman–Crippen LogP) is 4.32. The van der Waals surface area contributed by atoms with Gasteiger partial charge in [-0.05, 0) is 65.2 Å². The number of aromatic nitrogens is 1. The molecule has 0 bridgehead atoms. The van der Waals surface area contributed by atoms with Crippen LogP contribution in [-0.4, -0.2) is 97.7 Å². The molecule has 2 N–H and O–H groups in total. The van der Waals surface area contributed by atoms with Gasteiger partial charge >= 0.3 is 6.03 Å². The van der Waals surface area contributed by atoms with Gasteiger partial charge in [-0.2, -0.15) is 0 Å². The van der Waals surface area contributed by atoms with Crippen molar-refractivity contribution in [3.8, 4) is 5.75 Å². The average Bonchev–Trinajstić information content (AvgIpc) is 3.25. The number of hydrogen-bond acceptors (Lipinski definition) is 8. The molecule has 0 aliphatic carbocycles. The van der Waals surface area contributed by atoms with Gasteiger partial charge in [0.15, 0.2) is 5.76 Å². The molecule has 0 saturated heterocycles. The molecule has 11 heteroatoms. The number of nitrogens with one attached hydrogen (secondary N) is 1. The van der Waals surface area contributed by atoms with E-state index in [0.29, 0.717) is 48.2 Å². The summed E-state index contributed by atoms with van der Waals surface area (Å²) in [6.07, 6.45) is 2.11. The van der Waals surface area contributed by atoms with Gasteiger partial charge in [-0.15, -0.1) is 0 Å². The Kier molecular flexibility index (Phi) is 11.4. The van der Waals surface area contributed by atoms with Gasteiger partial charge in [0.1, 0.15) is 17.1 Å². The van der Waals surface area contributed by atoms with E-state index in [1.54, 1.807) is 30.7 Å². The highest BCUT2D eigenvalue weighted by Crippen LogP contribution is 2.29. The maximum absolute atomic E-state index is 14.1. The van der Waals surface area contributed by atoms with E-state index in [1.165, 1.54) is 0 Å². The number of carbonyl (C=O) groups is 2. The molecule has 0 spiro atoms. The predicted molar refractivity (Wildman–Crippen MR) is 159 cm³/mol. The van der Waals surface area contributed by atoms with Gasteiger partial charge in [-0.3, -0.25) is 4.79 Å². The van der Waals surface area contributed by atoms with Crippen molar-refractivity contribution in [2.45, 2.75) is 72.1 Å². The van der Waals surface area contributed by atoms with E-state index < -0.39 is 6.04 Å². The van der Waals surface area contributed by atoms with Crippen LogP contribution < -0.4 is 15.0 Å². The fourth-order valence-electron chi connectivity index (χ4n) is 4.87. The lowest BCUT2D eigenvalue weighted by atomic mass is 10.0. The van der Waals surface area contributed by atoms with Gasteiger partial charge in [0.05, 0.1) is 30.4 Å². The van der Waals surface area contributed by atoms with Crippen molar-refractivity contribution in [3.05, 3.63) is 35.2 Å². The minimum absolute atomic E-state index is 0.0905. The zero-order valence-corrected chi connectivity index (χ0v) is 25.8. The first-order chi connectivity index (χ1) is 19.4. The third-order valence-electron chi connectivity index (χ3n) is 7.62. The molecule has 1 aliphatic heterocycles. The topological polar surface area (TPSA) is 121 Å². The monoisotopic (exact) mass is 573 g/mol. The molecule has 0 fully saturated rings. The Morgan fingerprint density at radius 2 is 1.95 bits per heavy atom. The molecule has 1 aromatic carbocycles. The Morgan fingerprint density at radius 3 is 2.59 bits per heavy atom. The quantitative estimate of drug-likeness (QED) is 0.524. The second kappa shape index (κ2) is 14.5. The molecule has 228 valence electrons. The van der Waals surface area contributed by atoms with Crippen molar-refractivity contribution < 1.29 is 28.7 Å². The number of fused-ring (bicyclic) bond motifs is 1. The number of aliphatic hydroxyl groups is 1. The molecule has 1 aliphatic rings. The summed E-state index contributed by atoms with van der Waals surface area (Å²) in [5, 5.41) is 16.9. The Labute approximate surface area is 243 Å². The minimum Gasteiger partial charge on any atom is -0.490 e. The van der Waals surface area contributed by atoms with Crippen molar-refractivity contribution in [3.63, 3.8) is 0 Å². The Hall–Kier alpha value is -3.31. The number of aliphatic hydroxyl groups excluding tert-OH is 1. The van der Waals surface area contributed by atoms with Gasteiger partial charge in [0.2, 0.25) is 0 Å². The maximum Gasteiger partial charge on any atom is 0.321 e. The Balaban J connectivity index is 1.89. The van der Waals surface area contributed by atoms with Crippen LogP contribution in [0.3, 0.4) is 0 Å². The van der Waals surface area contributed by atoms with E-state index in [1.807, 2.05) is 58.0 Å². The molecule has 0 radical (unpaired) electrons. The summed E-state index contributed by atoms with van der Waals surface area (Å²) < 4.78 is 17.8. The summed E-state index contributed by atoms with van der Waals surface area (Å²) in [7, 11) is 5.57. The fourth-order valence-corrected chi connectivity index (χ4v) is 4.87. The molecule has 1 aromatic heterocycles. The molecule has 11 nitrogen and oxygen atoms in total. The third kappa shape index (κ3) is 8.36. The van der Waals surface area contributed by atoms with Crippen molar-refractivity contribution >= 4 is 23.3 Å². The largest absolute Gasteiger partial charge is 0.490 e. The summed E-state index contributed by atoms with van der Waals surface area (Å²) >= 11 is 0. The molecule has 41 heavy (non-hydrogen) atoms. The lowest BCUT2D eigenvalue weighted by molar-refractivity contribution is -0.0115. The second-order valence-electron chi connectivity index (χ2n) is 11.4. The highest BCUT2D eigenvalue weighted by Gasteiger charge is 2.31. The summed E-state index contributed by atoms with van der Waals surface area (Å²) in [5.41, 5.74) is 2.50. The molecular weight excluding hydrogens is 526 g/mol. The van der Waals surface area contributed by atoms with Crippen molar-refractivity contribution in [2.24, 2.45) is 5.92 Å². The highest BCUT2D eigenvalue weighted by molar-refractivity contribution is 5.98. The second-order valence-corrected chi connectivity index (χ2v) is 11.4. The summed E-state index contributed by atoms with van der Waals surface area (Å²) in [5.74, 6) is 0.710. The van der Waals surface area contributed by atoms with Crippen molar-refractivity contribution in [2.75, 3.05) is 57.7 Å². The van der Waals surface area contributed by atoms with E-state index in [4.69, 9.17) is 14.0 Å². The van der Waals surface area contributed by atoms with Crippen LogP contribution in [0.1, 0.15) is 61.8 Å². The smallest absolute Gasteiger partial charge is 0.321 e. The molecule has 3 amide bonds. The fraction of sp³-hybridized carbons (Fsp3) is 0.633. The molecular formula is C30H47N5O6. The van der Waals surface area contributed by atoms with E-state index in [0.717, 1.165) is 24.9 Å². The number of benzene rings is 1. The van der Waals surface area contributed by atoms with Crippen LogP contribution in [0.4, 0.5) is 16.2 Å². The SMILES string of the molecule is Cc1noc(C)c1NC(=O)N(C)C[C@@H]1OCCCC[C@H](C)Oc2ccc(N(C)C)cc2C(=O)N([C@H](C)CO)C[C@H]1C. The number of aryl methyl sites for hydroxylation is 2. The van der Waals surface area contributed by atoms with E-state index in [9.17, 15) is 14.7 Å². The first-order valence-electron chi connectivity index (χ1n) is 14.4. The standard InChI is InChI=1S/C30H47N5O6/c1-19-16-35(20(2)18-36)29(37)25-15-24(33(6)7)12-13-26(25)40-21(3)11-9-10-14-39-27(19)17-34(8)30(38)31-28-22(4)32-41-23(28)5/h12-13,15,19-21,27,36H,9-11,14,16-18H2,1-8H3,(H,31,38)/t19-,20-,21+,27+/m1/s1. The van der Waals surface area contributed by atoms with E-state index in [-0.39, 0.29) is 36.7 Å².